The fourth-order valence-corrected chi connectivity index (χ4v) is 11.5. The number of fused-ring (bicyclic) bond motifs is 16. The zero-order chi connectivity index (χ0) is 109. The second kappa shape index (κ2) is 21.7. The summed E-state index contributed by atoms with van der Waals surface area (Å²) in [4.78, 5) is 0. The second-order valence-electron chi connectivity index (χ2n) is 20.7. The lowest BCUT2D eigenvalue weighted by atomic mass is 9.83. The Morgan fingerprint density at radius 2 is 0.532 bits per heavy atom. The van der Waals surface area contributed by atoms with Gasteiger partial charge in [0.05, 0.1) is 74.0 Å². The maximum Gasteiger partial charge on any atom is 0.135 e. The van der Waals surface area contributed by atoms with Crippen LogP contribution < -0.4 is 0 Å². The average Bonchev–Trinajstić information content (AvgIpc) is 0.813. The minimum atomic E-state index is -1.08. The summed E-state index contributed by atoms with van der Waals surface area (Å²) in [6, 6.07) is -44.9. The minimum absolute atomic E-state index is 0.345. The quantitative estimate of drug-likeness (QED) is 0.123. The molecule has 0 saturated heterocycles. The van der Waals surface area contributed by atoms with E-state index in [0.29, 0.717) is 0 Å². The maximum absolute atomic E-state index is 9.78. The van der Waals surface area contributed by atoms with E-state index in [-0.39, 0.29) is 26.9 Å². The van der Waals surface area contributed by atoms with Gasteiger partial charge in [-0.15, -0.1) is 0 Å². The highest BCUT2D eigenvalue weighted by Crippen LogP contribution is 2.49. The highest BCUT2D eigenvalue weighted by Gasteiger charge is 2.21. The van der Waals surface area contributed by atoms with E-state index < -0.39 is 496 Å². The van der Waals surface area contributed by atoms with Gasteiger partial charge in [-0.25, -0.2) is 0 Å². The van der Waals surface area contributed by atoms with Gasteiger partial charge in [-0.3, -0.25) is 0 Å². The number of hydrogen-bond acceptors (Lipinski definition) is 2. The Kier molecular flexibility index (Phi) is 5.18. The van der Waals surface area contributed by atoms with Crippen LogP contribution in [0.4, 0.5) is 0 Å². The molecule has 0 N–H and O–H groups in total. The maximum atomic E-state index is 9.78. The molecule has 18 aromatic carbocycles. The molecule has 20 rings (SSSR count). The van der Waals surface area contributed by atoms with Gasteiger partial charge in [-0.1, -0.05) is 290 Å². The topological polar surface area (TPSA) is 26.3 Å². The smallest absolute Gasteiger partial charge is 0.135 e. The van der Waals surface area contributed by atoms with Crippen LogP contribution in [0.1, 0.15) is 74.0 Å². The Morgan fingerprint density at radius 1 is 0.181 bits per heavy atom. The lowest BCUT2D eigenvalue weighted by molar-refractivity contribution is 0.668. The normalized spacial score (nSPS) is 19.9. The number of para-hydroxylation sites is 2. The third-order valence-corrected chi connectivity index (χ3v) is 15.6. The highest BCUT2D eigenvalue weighted by molar-refractivity contribution is 6.27. The first kappa shape index (κ1) is 22.5. The summed E-state index contributed by atoms with van der Waals surface area (Å²) in [6.07, 6.45) is 0. The van der Waals surface area contributed by atoms with Crippen molar-refractivity contribution in [3.8, 4) is 66.8 Å². The summed E-state index contributed by atoms with van der Waals surface area (Å²) in [5.41, 5.74) is -10.8. The molecule has 0 radical (unpaired) electrons. The summed E-state index contributed by atoms with van der Waals surface area (Å²) in [5.74, 6) is 0. The van der Waals surface area contributed by atoms with E-state index in [1.54, 1.807) is 0 Å². The van der Waals surface area contributed by atoms with E-state index in [1.165, 1.54) is 0 Å². The molecule has 2 heteroatoms. The first-order chi connectivity index (χ1) is 69.1. The van der Waals surface area contributed by atoms with E-state index in [4.69, 9.17) is 51.3 Å². The Morgan fingerprint density at radius 3 is 1.03 bits per heavy atom. The summed E-state index contributed by atoms with van der Waals surface area (Å²) in [5, 5.41) is -10.8. The van der Waals surface area contributed by atoms with Crippen LogP contribution in [0.2, 0.25) is 0 Å². The highest BCUT2D eigenvalue weighted by atomic mass is 16.3. The van der Waals surface area contributed by atoms with Gasteiger partial charge in [-0.05, 0) is 201 Å². The number of rotatable bonds is 6. The first-order valence-corrected chi connectivity index (χ1v) is 28.0. The molecule has 0 atom stereocenters. The molecule has 2 nitrogen and oxygen atoms in total. The Hall–Kier alpha value is -12.4. The summed E-state index contributed by atoms with van der Waals surface area (Å²) in [6.45, 7) is 0. The van der Waals surface area contributed by atoms with Gasteiger partial charge < -0.3 is 8.83 Å². The summed E-state index contributed by atoms with van der Waals surface area (Å²) in [7, 11) is 0. The van der Waals surface area contributed by atoms with Gasteiger partial charge in [0.2, 0.25) is 0 Å². The lowest BCUT2D eigenvalue weighted by Crippen LogP contribution is -1.92. The second-order valence-corrected chi connectivity index (χ2v) is 20.7. The fourth-order valence-electron chi connectivity index (χ4n) is 11.5. The molecule has 0 aliphatic carbocycles. The van der Waals surface area contributed by atoms with Gasteiger partial charge in [0.1, 0.15) is 22.3 Å². The van der Waals surface area contributed by atoms with Crippen LogP contribution in [0.15, 0.2) is 347 Å². The summed E-state index contributed by atoms with van der Waals surface area (Å²) < 4.78 is 498. The Bertz CT molecular complexity index is 9670. The zero-order valence-corrected chi connectivity index (χ0v) is 47.0. The van der Waals surface area contributed by atoms with Crippen LogP contribution >= 0.6 is 0 Å². The van der Waals surface area contributed by atoms with Crippen LogP contribution in [0.25, 0.3) is 197 Å². The molecule has 0 fully saturated rings. The van der Waals surface area contributed by atoms with Crippen molar-refractivity contribution in [2.75, 3.05) is 0 Å². The predicted octanol–water partition coefficient (Wildman–Crippen LogP) is 26.4. The minimum Gasteiger partial charge on any atom is -0.456 e. The number of hydrogen-bond donors (Lipinski definition) is 0. The van der Waals surface area contributed by atoms with Crippen LogP contribution in [-0.4, -0.2) is 0 Å². The Balaban J connectivity index is 0.000000186. The van der Waals surface area contributed by atoms with E-state index >= 15 is 0 Å². The van der Waals surface area contributed by atoms with Gasteiger partial charge in [-0.2, -0.15) is 0 Å². The van der Waals surface area contributed by atoms with Crippen molar-refractivity contribution in [2.24, 2.45) is 0 Å². The molecule has 0 unspecified atom stereocenters. The SMILES string of the molecule is [2H]c1c([2H])c(-c2c3c([2H])c([2H])c([2H])c([2H])c3c(-c3c([2H])c([2H])c4c(cc([2H])c5c([2H])c([2H])c([2H])c([2H])c54)c3[2H])c3c([2H])c([2H])c([2H])c([2H])c23)c([2H])c([2H])c1-c1c([2H])c([2H])c2oc3c([2H])c([2H])c([2H])c([2H])c3c2c1[2H].[2H]c1cc([2H])c2c(-c3c4c([2H])c([2H])c([2H])c([2H])c4c(-c4c([2H])c([2H])c(-c5c([2H])c([2H])c6oc7c([2H])c([2H])c([2H])c([2H])c7c6c5[2H])c([2H])c4[2H])c4c([2H])c([2H])c([2H])c([2H])c34)c([2H])c3c([2H])c([2H])c([2H])c([2H])c3c2c1[2H]. The largest absolute Gasteiger partial charge is 0.456 e. The van der Waals surface area contributed by atoms with Crippen molar-refractivity contribution in [1.29, 1.82) is 0 Å². The van der Waals surface area contributed by atoms with Crippen LogP contribution in [-0.2, 0) is 0 Å². The van der Waals surface area contributed by atoms with Gasteiger partial charge >= 0.3 is 0 Å². The van der Waals surface area contributed by atoms with E-state index in [0.717, 1.165) is 12.1 Å². The van der Waals surface area contributed by atoms with Crippen LogP contribution in [0, 0.1) is 0 Å². The van der Waals surface area contributed by atoms with E-state index in [1.807, 2.05) is 0 Å². The number of furan rings is 2. The van der Waals surface area contributed by atoms with Crippen molar-refractivity contribution >= 4 is 130 Å². The fraction of sp³-hybridized carbons (Fsp3) is 0. The standard InChI is InChI=1S/2C46H28O/c1-2-10-35-30(9-1)19-22-33-27-34(23-25-36(33)35)46-40-14-5-3-12-38(40)45(39-13-4-6-15-41(39)46)31-20-17-29(18-21-31)32-24-26-44-42(28-32)37-11-7-8-16-43(37)47-44;1-2-12-33-32(11-1)28-42(35-14-4-3-13-34(33)35)46-39-18-7-5-16-37(39)45(38-17-6-8-19-40(38)46)30-23-21-29(22-24-30)31-25-26-44-41(27-31)36-15-9-10-20-43(36)47-44/h2*1-28H/i1D,2D,3D,4D,5D,6D,7D,8D,9D,10D,11D,12D,13D,14D,15D,16D,17D,18D,19D,20D,21D,23D,24D,25D,26D,27D,28D;1D,2D,3D,5D,6D,7D,8D,9D,10D,11D,12D,13D,14D,15D,16D,17D,18D,19D,20D,21D,22D,23D,24D,25D,26D,27D,28D. The molecular formula is C92H56O2. The van der Waals surface area contributed by atoms with Crippen molar-refractivity contribution in [1.82, 2.24) is 0 Å². The number of benzene rings is 18. The molecule has 2 heterocycles. The zero-order valence-electron chi connectivity index (χ0n) is 101. The molecular weight excluding hydrogens is 1140 g/mol. The van der Waals surface area contributed by atoms with Crippen molar-refractivity contribution in [3.05, 3.63) is 338 Å². The van der Waals surface area contributed by atoms with E-state index in [9.17, 15) is 31.5 Å². The molecule has 0 aliphatic heterocycles. The van der Waals surface area contributed by atoms with Crippen molar-refractivity contribution < 1.29 is 82.9 Å². The molecule has 0 amide bonds. The van der Waals surface area contributed by atoms with Gasteiger partial charge in [0.25, 0.3) is 0 Å². The average molecular weight is 1250 g/mol. The summed E-state index contributed by atoms with van der Waals surface area (Å²) >= 11 is 0. The van der Waals surface area contributed by atoms with Crippen molar-refractivity contribution in [2.45, 2.75) is 0 Å². The monoisotopic (exact) mass is 1250 g/mol. The predicted molar refractivity (Wildman–Crippen MR) is 400 cm³/mol. The van der Waals surface area contributed by atoms with Crippen molar-refractivity contribution in [3.63, 3.8) is 0 Å². The molecule has 0 aliphatic rings. The molecule has 0 spiro atoms. The lowest BCUT2D eigenvalue weighted by Gasteiger charge is -2.19. The third-order valence-electron chi connectivity index (χ3n) is 15.6. The molecule has 20 aromatic rings. The Labute approximate surface area is 617 Å². The molecule has 94 heavy (non-hydrogen) atoms. The molecule has 0 saturated carbocycles. The van der Waals surface area contributed by atoms with E-state index in [2.05, 4.69) is 0 Å². The molecule has 436 valence electrons. The van der Waals surface area contributed by atoms with Crippen LogP contribution in [0.3, 0.4) is 0 Å². The molecule has 2 aromatic heterocycles. The van der Waals surface area contributed by atoms with Gasteiger partial charge in [0, 0.05) is 21.5 Å². The third kappa shape index (κ3) is 8.65. The van der Waals surface area contributed by atoms with Crippen LogP contribution in [0.5, 0.6) is 0 Å². The first-order valence-electron chi connectivity index (χ1n) is 55.0. The molecule has 0 bridgehead atoms. The van der Waals surface area contributed by atoms with Gasteiger partial charge in [0.15, 0.2) is 0 Å².